The minimum atomic E-state index is -4.48. The SMILES string of the molecule is CN1CCN(Cc2ccc(-c3cc(CI)ccc3C(N)=O)cc2C(F)(F)F)CC1. The third kappa shape index (κ3) is 5.29. The summed E-state index contributed by atoms with van der Waals surface area (Å²) in [5.74, 6) is -0.657. The Labute approximate surface area is 182 Å². The van der Waals surface area contributed by atoms with Gasteiger partial charge in [0.2, 0.25) is 5.91 Å². The quantitative estimate of drug-likeness (QED) is 0.479. The van der Waals surface area contributed by atoms with E-state index in [1.54, 1.807) is 24.3 Å². The van der Waals surface area contributed by atoms with Crippen LogP contribution in [0.1, 0.15) is 27.0 Å². The van der Waals surface area contributed by atoms with Crippen molar-refractivity contribution >= 4 is 28.5 Å². The molecular weight excluding hydrogens is 494 g/mol. The van der Waals surface area contributed by atoms with Crippen LogP contribution in [0.2, 0.25) is 0 Å². The van der Waals surface area contributed by atoms with Gasteiger partial charge in [0.1, 0.15) is 0 Å². The fourth-order valence-corrected chi connectivity index (χ4v) is 4.00. The first kappa shape index (κ1) is 22.0. The van der Waals surface area contributed by atoms with Gasteiger partial charge in [0, 0.05) is 42.7 Å². The Morgan fingerprint density at radius 3 is 2.38 bits per heavy atom. The lowest BCUT2D eigenvalue weighted by atomic mass is 9.93. The molecule has 1 aliphatic heterocycles. The molecule has 0 atom stereocenters. The second-order valence-corrected chi connectivity index (χ2v) is 8.09. The molecule has 8 heteroatoms. The minimum Gasteiger partial charge on any atom is -0.366 e. The maximum absolute atomic E-state index is 13.8. The zero-order chi connectivity index (χ0) is 21.2. The first-order valence-corrected chi connectivity index (χ1v) is 10.8. The Kier molecular flexibility index (Phi) is 6.85. The number of likely N-dealkylation sites (N-methyl/N-ethyl adjacent to an activating group) is 1. The van der Waals surface area contributed by atoms with Crippen LogP contribution in [0.25, 0.3) is 11.1 Å². The molecule has 1 amide bonds. The van der Waals surface area contributed by atoms with E-state index < -0.39 is 17.6 Å². The van der Waals surface area contributed by atoms with Gasteiger partial charge >= 0.3 is 6.18 Å². The lowest BCUT2D eigenvalue weighted by Gasteiger charge is -2.33. The summed E-state index contributed by atoms with van der Waals surface area (Å²) in [5, 5.41) is 0. The maximum Gasteiger partial charge on any atom is 0.416 e. The number of carbonyl (C=O) groups excluding carboxylic acids is 1. The number of nitrogens with two attached hydrogens (primary N) is 1. The Bertz CT molecular complexity index is 893. The van der Waals surface area contributed by atoms with Gasteiger partial charge in [-0.25, -0.2) is 0 Å². The Balaban J connectivity index is 2.01. The number of rotatable bonds is 5. The molecule has 0 spiro atoms. The van der Waals surface area contributed by atoms with Crippen LogP contribution in [0.15, 0.2) is 36.4 Å². The Hall–Kier alpha value is -1.65. The fourth-order valence-electron chi connectivity index (χ4n) is 3.52. The number of alkyl halides is 4. The summed E-state index contributed by atoms with van der Waals surface area (Å²) in [6, 6.07) is 9.41. The number of piperazine rings is 1. The Morgan fingerprint density at radius 2 is 1.79 bits per heavy atom. The van der Waals surface area contributed by atoms with Crippen LogP contribution in [0.4, 0.5) is 13.2 Å². The fraction of sp³-hybridized carbons (Fsp3) is 0.381. The van der Waals surface area contributed by atoms with Crippen LogP contribution >= 0.6 is 22.6 Å². The monoisotopic (exact) mass is 517 g/mol. The molecule has 29 heavy (non-hydrogen) atoms. The normalized spacial score (nSPS) is 16.2. The second kappa shape index (κ2) is 9.01. The van der Waals surface area contributed by atoms with Crippen LogP contribution in [-0.2, 0) is 17.1 Å². The average molecular weight is 517 g/mol. The number of amides is 1. The lowest BCUT2D eigenvalue weighted by Crippen LogP contribution is -2.44. The van der Waals surface area contributed by atoms with Gasteiger partial charge in [-0.05, 0) is 47.5 Å². The summed E-state index contributed by atoms with van der Waals surface area (Å²) in [5.41, 5.74) is 6.96. The molecule has 2 aromatic rings. The minimum absolute atomic E-state index is 0.221. The number of primary amides is 1. The van der Waals surface area contributed by atoms with Gasteiger partial charge in [-0.1, -0.05) is 40.8 Å². The average Bonchev–Trinajstić information content (AvgIpc) is 2.68. The molecule has 1 saturated heterocycles. The highest BCUT2D eigenvalue weighted by Gasteiger charge is 2.34. The molecule has 2 aromatic carbocycles. The molecule has 0 aliphatic carbocycles. The highest BCUT2D eigenvalue weighted by Crippen LogP contribution is 2.37. The van der Waals surface area contributed by atoms with E-state index in [4.69, 9.17) is 5.73 Å². The van der Waals surface area contributed by atoms with Crippen molar-refractivity contribution < 1.29 is 18.0 Å². The lowest BCUT2D eigenvalue weighted by molar-refractivity contribution is -0.138. The van der Waals surface area contributed by atoms with Gasteiger partial charge < -0.3 is 10.6 Å². The Morgan fingerprint density at radius 1 is 1.10 bits per heavy atom. The summed E-state index contributed by atoms with van der Waals surface area (Å²) >= 11 is 2.17. The first-order chi connectivity index (χ1) is 13.7. The number of hydrogen-bond donors (Lipinski definition) is 1. The molecular formula is C21H23F3IN3O. The van der Waals surface area contributed by atoms with E-state index >= 15 is 0 Å². The summed E-state index contributed by atoms with van der Waals surface area (Å²) in [6.45, 7) is 3.40. The summed E-state index contributed by atoms with van der Waals surface area (Å²) < 4.78 is 42.2. The van der Waals surface area contributed by atoms with Crippen molar-refractivity contribution in [1.82, 2.24) is 9.80 Å². The van der Waals surface area contributed by atoms with Crippen molar-refractivity contribution in [2.24, 2.45) is 5.73 Å². The van der Waals surface area contributed by atoms with E-state index in [0.717, 1.165) is 37.8 Å². The summed E-state index contributed by atoms with van der Waals surface area (Å²) in [7, 11) is 2.01. The van der Waals surface area contributed by atoms with E-state index in [0.29, 0.717) is 15.6 Å². The van der Waals surface area contributed by atoms with Gasteiger partial charge in [-0.3, -0.25) is 9.69 Å². The van der Waals surface area contributed by atoms with Gasteiger partial charge in [-0.15, -0.1) is 0 Å². The van der Waals surface area contributed by atoms with Gasteiger partial charge in [0.05, 0.1) is 5.56 Å². The molecule has 0 saturated carbocycles. The molecule has 0 bridgehead atoms. The maximum atomic E-state index is 13.8. The molecule has 3 rings (SSSR count). The standard InChI is InChI=1S/C21H23F3IN3O/c1-27-6-8-28(9-7-27)13-16-4-3-15(11-19(16)21(22,23)24)18-10-14(12-25)2-5-17(18)20(26)29/h2-5,10-11H,6-9,12-13H2,1H3,(H2,26,29). The summed E-state index contributed by atoms with van der Waals surface area (Å²) in [4.78, 5) is 16.0. The van der Waals surface area contributed by atoms with Crippen LogP contribution in [0, 0.1) is 0 Å². The van der Waals surface area contributed by atoms with Crippen LogP contribution in [0.3, 0.4) is 0 Å². The highest BCUT2D eigenvalue weighted by molar-refractivity contribution is 14.1. The number of hydrogen-bond acceptors (Lipinski definition) is 3. The van der Waals surface area contributed by atoms with Crippen LogP contribution in [-0.4, -0.2) is 48.9 Å². The van der Waals surface area contributed by atoms with Crippen molar-refractivity contribution in [3.05, 3.63) is 58.7 Å². The number of halogens is 4. The highest BCUT2D eigenvalue weighted by atomic mass is 127. The van der Waals surface area contributed by atoms with Crippen molar-refractivity contribution in [3.63, 3.8) is 0 Å². The molecule has 1 fully saturated rings. The second-order valence-electron chi connectivity index (χ2n) is 7.33. The topological polar surface area (TPSA) is 49.6 Å². The number of carbonyl (C=O) groups is 1. The van der Waals surface area contributed by atoms with Crippen molar-refractivity contribution in [2.45, 2.75) is 17.1 Å². The van der Waals surface area contributed by atoms with Crippen molar-refractivity contribution in [3.8, 4) is 11.1 Å². The van der Waals surface area contributed by atoms with Gasteiger partial charge in [0.15, 0.2) is 0 Å². The molecule has 2 N–H and O–H groups in total. The van der Waals surface area contributed by atoms with Crippen LogP contribution in [0.5, 0.6) is 0 Å². The van der Waals surface area contributed by atoms with E-state index in [1.165, 1.54) is 6.07 Å². The molecule has 156 valence electrons. The van der Waals surface area contributed by atoms with Crippen LogP contribution < -0.4 is 5.73 Å². The van der Waals surface area contributed by atoms with Crippen molar-refractivity contribution in [2.75, 3.05) is 33.2 Å². The molecule has 4 nitrogen and oxygen atoms in total. The van der Waals surface area contributed by atoms with Gasteiger partial charge in [0.25, 0.3) is 0 Å². The number of nitrogens with zero attached hydrogens (tertiary/aromatic N) is 2. The molecule has 0 radical (unpaired) electrons. The molecule has 0 unspecified atom stereocenters. The predicted octanol–water partition coefficient (Wildman–Crippen LogP) is 4.15. The third-order valence-corrected chi connectivity index (χ3v) is 6.10. The van der Waals surface area contributed by atoms with Gasteiger partial charge in [-0.2, -0.15) is 13.2 Å². The number of benzene rings is 2. The molecule has 0 aromatic heterocycles. The van der Waals surface area contributed by atoms with Crippen molar-refractivity contribution in [1.29, 1.82) is 0 Å². The smallest absolute Gasteiger partial charge is 0.366 e. The van der Waals surface area contributed by atoms with E-state index in [9.17, 15) is 18.0 Å². The van der Waals surface area contributed by atoms with E-state index in [-0.39, 0.29) is 17.7 Å². The zero-order valence-electron chi connectivity index (χ0n) is 16.1. The first-order valence-electron chi connectivity index (χ1n) is 9.29. The molecule has 1 heterocycles. The summed E-state index contributed by atoms with van der Waals surface area (Å²) in [6.07, 6.45) is -4.48. The molecule has 1 aliphatic rings. The predicted molar refractivity (Wildman–Crippen MR) is 116 cm³/mol. The van der Waals surface area contributed by atoms with E-state index in [2.05, 4.69) is 27.5 Å². The van der Waals surface area contributed by atoms with E-state index in [1.807, 2.05) is 11.9 Å². The third-order valence-electron chi connectivity index (χ3n) is 5.22. The zero-order valence-corrected chi connectivity index (χ0v) is 18.3. The largest absolute Gasteiger partial charge is 0.416 e.